The zero-order chi connectivity index (χ0) is 13.5. The minimum absolute atomic E-state index is 0.115. The molecule has 1 rings (SSSR count). The van der Waals surface area contributed by atoms with Crippen LogP contribution < -0.4 is 5.32 Å². The van der Waals surface area contributed by atoms with E-state index in [1.165, 1.54) is 11.3 Å². The first-order valence-electron chi connectivity index (χ1n) is 5.99. The molecular weight excluding hydrogens is 293 g/mol. The molecule has 1 atom stereocenters. The van der Waals surface area contributed by atoms with Crippen LogP contribution in [0.1, 0.15) is 32.4 Å². The zero-order valence-corrected chi connectivity index (χ0v) is 13.2. The maximum atomic E-state index is 6.11. The summed E-state index contributed by atoms with van der Waals surface area (Å²) in [5, 5.41) is 3.34. The van der Waals surface area contributed by atoms with Crippen LogP contribution >= 0.6 is 34.5 Å². The molecule has 3 nitrogen and oxygen atoms in total. The quantitative estimate of drug-likeness (QED) is 0.733. The fourth-order valence-electron chi connectivity index (χ4n) is 1.57. The molecule has 0 bridgehead atoms. The van der Waals surface area contributed by atoms with Gasteiger partial charge in [-0.25, -0.2) is 0 Å². The van der Waals surface area contributed by atoms with E-state index in [-0.39, 0.29) is 12.3 Å². The van der Waals surface area contributed by atoms with Gasteiger partial charge in [-0.15, -0.1) is 11.3 Å². The summed E-state index contributed by atoms with van der Waals surface area (Å²) >= 11 is 13.4. The Morgan fingerprint density at radius 1 is 1.28 bits per heavy atom. The fourth-order valence-corrected chi connectivity index (χ4v) is 3.21. The first kappa shape index (κ1) is 16.2. The van der Waals surface area contributed by atoms with Crippen LogP contribution in [-0.4, -0.2) is 26.0 Å². The predicted octanol–water partition coefficient (Wildman–Crippen LogP) is 4.10. The van der Waals surface area contributed by atoms with Crippen LogP contribution in [0.3, 0.4) is 0 Å². The summed E-state index contributed by atoms with van der Waals surface area (Å²) < 4.78 is 12.4. The second-order valence-electron chi connectivity index (χ2n) is 3.75. The first-order valence-corrected chi connectivity index (χ1v) is 7.57. The van der Waals surface area contributed by atoms with E-state index < -0.39 is 0 Å². The first-order chi connectivity index (χ1) is 8.58. The summed E-state index contributed by atoms with van der Waals surface area (Å²) in [6, 6.07) is 2.01. The second kappa shape index (κ2) is 8.35. The summed E-state index contributed by atoms with van der Waals surface area (Å²) in [6.07, 6.45) is -0.227. The lowest BCUT2D eigenvalue weighted by molar-refractivity contribution is -0.133. The number of thiophene rings is 1. The van der Waals surface area contributed by atoms with Gasteiger partial charge < -0.3 is 14.8 Å². The highest BCUT2D eigenvalue weighted by molar-refractivity contribution is 7.20. The molecule has 104 valence electrons. The van der Waals surface area contributed by atoms with Crippen molar-refractivity contribution in [3.05, 3.63) is 20.3 Å². The highest BCUT2D eigenvalue weighted by Crippen LogP contribution is 2.34. The predicted molar refractivity (Wildman–Crippen MR) is 77.8 cm³/mol. The molecule has 1 heterocycles. The Bertz CT molecular complexity index is 354. The zero-order valence-electron chi connectivity index (χ0n) is 10.8. The molecule has 0 amide bonds. The van der Waals surface area contributed by atoms with Gasteiger partial charge in [0.25, 0.3) is 0 Å². The highest BCUT2D eigenvalue weighted by Gasteiger charge is 2.15. The summed E-state index contributed by atoms with van der Waals surface area (Å²) in [7, 11) is 0. The smallest absolute Gasteiger partial charge is 0.169 e. The number of hydrogen-bond donors (Lipinski definition) is 1. The molecule has 6 heteroatoms. The second-order valence-corrected chi connectivity index (χ2v) is 6.04. The molecular formula is C12H19Cl2NO2S. The van der Waals surface area contributed by atoms with Crippen LogP contribution in [0.25, 0.3) is 0 Å². The van der Waals surface area contributed by atoms with Gasteiger partial charge in [0.15, 0.2) is 6.29 Å². The number of ether oxygens (including phenoxy) is 2. The fraction of sp³-hybridized carbons (Fsp3) is 0.667. The van der Waals surface area contributed by atoms with Crippen molar-refractivity contribution in [3.8, 4) is 0 Å². The monoisotopic (exact) mass is 311 g/mol. The molecule has 0 radical (unpaired) electrons. The maximum absolute atomic E-state index is 6.11. The molecule has 0 fully saturated rings. The van der Waals surface area contributed by atoms with Gasteiger partial charge in [0.2, 0.25) is 0 Å². The number of hydrogen-bond acceptors (Lipinski definition) is 4. The van der Waals surface area contributed by atoms with Crippen LogP contribution in [-0.2, 0) is 9.47 Å². The summed E-state index contributed by atoms with van der Waals surface area (Å²) in [5.74, 6) is 0. The van der Waals surface area contributed by atoms with Crippen molar-refractivity contribution in [1.29, 1.82) is 0 Å². The topological polar surface area (TPSA) is 30.5 Å². The van der Waals surface area contributed by atoms with E-state index in [0.29, 0.717) is 24.1 Å². The van der Waals surface area contributed by atoms with E-state index >= 15 is 0 Å². The van der Waals surface area contributed by atoms with E-state index in [2.05, 4.69) is 5.32 Å². The molecule has 1 aromatic rings. The van der Waals surface area contributed by atoms with Crippen molar-refractivity contribution >= 4 is 34.5 Å². The van der Waals surface area contributed by atoms with Crippen LogP contribution in [0, 0.1) is 0 Å². The Kier molecular flexibility index (Phi) is 7.53. The van der Waals surface area contributed by atoms with Gasteiger partial charge in [0.05, 0.1) is 8.67 Å². The Balaban J connectivity index is 2.48. The van der Waals surface area contributed by atoms with Crippen molar-refractivity contribution in [2.24, 2.45) is 0 Å². The largest absolute Gasteiger partial charge is 0.352 e. The molecule has 1 N–H and O–H groups in total. The van der Waals surface area contributed by atoms with Gasteiger partial charge in [-0.1, -0.05) is 23.2 Å². The van der Waals surface area contributed by atoms with Crippen molar-refractivity contribution in [1.82, 2.24) is 5.32 Å². The molecule has 0 aromatic carbocycles. The number of nitrogens with one attached hydrogen (secondary N) is 1. The van der Waals surface area contributed by atoms with E-state index in [1.807, 2.05) is 26.8 Å². The Morgan fingerprint density at radius 3 is 2.33 bits per heavy atom. The maximum Gasteiger partial charge on any atom is 0.169 e. The SMILES string of the molecule is CCOC(CNC(C)c1cc(Cl)sc1Cl)OCC. The summed E-state index contributed by atoms with van der Waals surface area (Å²) in [4.78, 5) is 0. The molecule has 0 aliphatic heterocycles. The van der Waals surface area contributed by atoms with E-state index in [4.69, 9.17) is 32.7 Å². The van der Waals surface area contributed by atoms with E-state index in [0.717, 1.165) is 9.90 Å². The summed E-state index contributed by atoms with van der Waals surface area (Å²) in [5.41, 5.74) is 1.01. The molecule has 1 aromatic heterocycles. The van der Waals surface area contributed by atoms with Crippen molar-refractivity contribution < 1.29 is 9.47 Å². The van der Waals surface area contributed by atoms with Gasteiger partial charge in [-0.3, -0.25) is 0 Å². The molecule has 0 saturated heterocycles. The number of halogens is 2. The van der Waals surface area contributed by atoms with Gasteiger partial charge >= 0.3 is 0 Å². The Labute approximate surface area is 122 Å². The molecule has 0 aliphatic carbocycles. The minimum Gasteiger partial charge on any atom is -0.352 e. The van der Waals surface area contributed by atoms with Gasteiger partial charge in [-0.2, -0.15) is 0 Å². The lowest BCUT2D eigenvalue weighted by atomic mass is 10.2. The molecule has 18 heavy (non-hydrogen) atoms. The molecule has 0 spiro atoms. The van der Waals surface area contributed by atoms with Gasteiger partial charge in [-0.05, 0) is 32.4 Å². The van der Waals surface area contributed by atoms with Crippen LogP contribution in [0.15, 0.2) is 6.07 Å². The molecule has 0 aliphatic rings. The van der Waals surface area contributed by atoms with Crippen molar-refractivity contribution in [3.63, 3.8) is 0 Å². The Morgan fingerprint density at radius 2 is 1.89 bits per heavy atom. The molecule has 1 unspecified atom stereocenters. The van der Waals surface area contributed by atoms with Gasteiger partial charge in [0, 0.05) is 25.8 Å². The minimum atomic E-state index is -0.227. The van der Waals surface area contributed by atoms with Crippen molar-refractivity contribution in [2.45, 2.75) is 33.1 Å². The molecule has 0 saturated carbocycles. The normalized spacial score (nSPS) is 13.2. The highest BCUT2D eigenvalue weighted by atomic mass is 35.5. The van der Waals surface area contributed by atoms with Crippen molar-refractivity contribution in [2.75, 3.05) is 19.8 Å². The van der Waals surface area contributed by atoms with Crippen LogP contribution in [0.4, 0.5) is 0 Å². The standard InChI is InChI=1S/C12H19Cl2NO2S/c1-4-16-11(17-5-2)7-15-8(3)9-6-10(13)18-12(9)14/h6,8,11,15H,4-5,7H2,1-3H3. The number of rotatable bonds is 8. The average Bonchev–Trinajstić information content (AvgIpc) is 2.65. The lowest BCUT2D eigenvalue weighted by Gasteiger charge is -2.20. The van der Waals surface area contributed by atoms with E-state index in [1.54, 1.807) is 0 Å². The van der Waals surface area contributed by atoms with Crippen LogP contribution in [0.5, 0.6) is 0 Å². The van der Waals surface area contributed by atoms with Gasteiger partial charge in [0.1, 0.15) is 0 Å². The average molecular weight is 312 g/mol. The lowest BCUT2D eigenvalue weighted by Crippen LogP contribution is -2.33. The summed E-state index contributed by atoms with van der Waals surface area (Å²) in [6.45, 7) is 7.82. The Hall–Kier alpha value is 0.160. The third-order valence-corrected chi connectivity index (χ3v) is 3.96. The third kappa shape index (κ3) is 5.03. The van der Waals surface area contributed by atoms with E-state index in [9.17, 15) is 0 Å². The third-order valence-electron chi connectivity index (χ3n) is 2.45. The van der Waals surface area contributed by atoms with Crippen LogP contribution in [0.2, 0.25) is 8.67 Å².